The van der Waals surface area contributed by atoms with Crippen LogP contribution in [0.25, 0.3) is 0 Å². The summed E-state index contributed by atoms with van der Waals surface area (Å²) in [5.74, 6) is -1.72. The van der Waals surface area contributed by atoms with Crippen molar-refractivity contribution in [2.75, 3.05) is 11.9 Å². The summed E-state index contributed by atoms with van der Waals surface area (Å²) in [5, 5.41) is 0. The van der Waals surface area contributed by atoms with Crippen LogP contribution in [-0.4, -0.2) is 41.8 Å². The first kappa shape index (κ1) is 31.3. The first-order chi connectivity index (χ1) is 23.9. The van der Waals surface area contributed by atoms with Crippen molar-refractivity contribution in [2.45, 2.75) is 31.4 Å². The standard InChI is InChI=1S/C40H27F3N2O5/c1-22-3-8-25(9-4-22)39(40(41,42)43,27-10-7-23-5-6-24(23)19-27)26-11-13-28(14-12-26)45-37(48)32-18-16-30(21-34(32)38(45)49)50-29-15-17-31-33(20-29)36(47)44(2)35(31)46/h3-4,7-21H,5-6H2,1-2H3. The lowest BCUT2D eigenvalue weighted by Crippen LogP contribution is -2.45. The number of fused-ring (bicyclic) bond motifs is 3. The third-order valence-corrected chi connectivity index (χ3v) is 9.93. The van der Waals surface area contributed by atoms with Gasteiger partial charge in [0.2, 0.25) is 0 Å². The van der Waals surface area contributed by atoms with Gasteiger partial charge in [0.05, 0.1) is 27.9 Å². The van der Waals surface area contributed by atoms with E-state index in [-0.39, 0.29) is 56.1 Å². The number of carbonyl (C=O) groups is 4. The molecule has 50 heavy (non-hydrogen) atoms. The van der Waals surface area contributed by atoms with E-state index in [2.05, 4.69) is 0 Å². The van der Waals surface area contributed by atoms with Crippen LogP contribution >= 0.6 is 0 Å². The number of amides is 4. The van der Waals surface area contributed by atoms with Crippen molar-refractivity contribution in [1.82, 2.24) is 4.90 Å². The van der Waals surface area contributed by atoms with Crippen molar-refractivity contribution < 1.29 is 37.1 Å². The molecule has 7 nitrogen and oxygen atoms in total. The number of benzene rings is 5. The van der Waals surface area contributed by atoms with Crippen molar-refractivity contribution in [2.24, 2.45) is 0 Å². The van der Waals surface area contributed by atoms with Gasteiger partial charge in [-0.1, -0.05) is 60.2 Å². The van der Waals surface area contributed by atoms with E-state index in [0.29, 0.717) is 6.42 Å². The quantitative estimate of drug-likeness (QED) is 0.136. The maximum Gasteiger partial charge on any atom is 0.406 e. The molecule has 5 aromatic carbocycles. The molecule has 10 heteroatoms. The Balaban J connectivity index is 1.13. The number of halogens is 3. The van der Waals surface area contributed by atoms with E-state index in [1.54, 1.807) is 30.3 Å². The Morgan fingerprint density at radius 2 is 1.06 bits per heavy atom. The van der Waals surface area contributed by atoms with Crippen molar-refractivity contribution in [3.05, 3.63) is 159 Å². The molecule has 2 aliphatic heterocycles. The summed E-state index contributed by atoms with van der Waals surface area (Å²) in [6, 6.07) is 25.4. The van der Waals surface area contributed by atoms with Crippen LogP contribution in [0, 0.1) is 6.92 Å². The lowest BCUT2D eigenvalue weighted by atomic mass is 9.67. The molecule has 0 N–H and O–H groups in total. The van der Waals surface area contributed by atoms with Crippen LogP contribution in [0.3, 0.4) is 0 Å². The smallest absolute Gasteiger partial charge is 0.406 e. The number of anilines is 1. The minimum Gasteiger partial charge on any atom is -0.457 e. The van der Waals surface area contributed by atoms with E-state index in [1.165, 1.54) is 79.8 Å². The van der Waals surface area contributed by atoms with Gasteiger partial charge in [0.25, 0.3) is 23.6 Å². The highest BCUT2D eigenvalue weighted by Gasteiger charge is 2.58. The molecule has 0 aromatic heterocycles. The molecule has 4 amide bonds. The Hall–Kier alpha value is -6.03. The third kappa shape index (κ3) is 4.51. The Labute approximate surface area is 284 Å². The van der Waals surface area contributed by atoms with Gasteiger partial charge in [0.15, 0.2) is 0 Å². The Morgan fingerprint density at radius 3 is 1.62 bits per heavy atom. The van der Waals surface area contributed by atoms with Gasteiger partial charge in [-0.15, -0.1) is 0 Å². The van der Waals surface area contributed by atoms with Gasteiger partial charge in [0, 0.05) is 7.05 Å². The topological polar surface area (TPSA) is 84.0 Å². The molecular weight excluding hydrogens is 645 g/mol. The Bertz CT molecular complexity index is 2300. The van der Waals surface area contributed by atoms with E-state index in [1.807, 2.05) is 6.92 Å². The van der Waals surface area contributed by atoms with E-state index >= 15 is 13.2 Å². The van der Waals surface area contributed by atoms with Gasteiger partial charge >= 0.3 is 6.18 Å². The summed E-state index contributed by atoms with van der Waals surface area (Å²) in [5.41, 5.74) is 1.06. The summed E-state index contributed by atoms with van der Waals surface area (Å²) in [7, 11) is 1.39. The number of carbonyl (C=O) groups excluding carboxylic acids is 4. The van der Waals surface area contributed by atoms with Crippen LogP contribution in [0.5, 0.6) is 11.5 Å². The predicted octanol–water partition coefficient (Wildman–Crippen LogP) is 7.81. The van der Waals surface area contributed by atoms with E-state index in [0.717, 1.165) is 32.9 Å². The van der Waals surface area contributed by atoms with Crippen LogP contribution in [0.2, 0.25) is 0 Å². The van der Waals surface area contributed by atoms with E-state index in [9.17, 15) is 19.2 Å². The van der Waals surface area contributed by atoms with E-state index in [4.69, 9.17) is 4.74 Å². The van der Waals surface area contributed by atoms with Gasteiger partial charge in [-0.3, -0.25) is 24.1 Å². The van der Waals surface area contributed by atoms with Crippen LogP contribution in [0.15, 0.2) is 103 Å². The Morgan fingerprint density at radius 1 is 0.560 bits per heavy atom. The molecule has 2 heterocycles. The maximum absolute atomic E-state index is 15.6. The number of imide groups is 2. The SMILES string of the molecule is Cc1ccc(C(c2ccc(N3C(=O)c4ccc(Oc5ccc6c(c5)C(=O)N(C)C6=O)cc4C3=O)cc2)(c2ccc3c(c2)CC3)C(F)(F)F)cc1. The van der Waals surface area contributed by atoms with Crippen molar-refractivity contribution in [3.8, 4) is 11.5 Å². The second-order valence-electron chi connectivity index (χ2n) is 12.8. The minimum absolute atomic E-state index is 0.0510. The summed E-state index contributed by atoms with van der Waals surface area (Å²) in [4.78, 5) is 53.8. The largest absolute Gasteiger partial charge is 0.457 e. The lowest BCUT2D eigenvalue weighted by molar-refractivity contribution is -0.166. The molecule has 0 radical (unpaired) electrons. The van der Waals surface area contributed by atoms with Gasteiger partial charge in [-0.2, -0.15) is 13.2 Å². The molecular formula is C40H27F3N2O5. The fraction of sp³-hybridized carbons (Fsp3) is 0.150. The van der Waals surface area contributed by atoms with E-state index < -0.39 is 35.2 Å². The highest BCUT2D eigenvalue weighted by molar-refractivity contribution is 6.34. The zero-order chi connectivity index (χ0) is 35.1. The summed E-state index contributed by atoms with van der Waals surface area (Å²) in [6.45, 7) is 1.81. The summed E-state index contributed by atoms with van der Waals surface area (Å²) in [6.07, 6.45) is -3.20. The number of rotatable bonds is 6. The third-order valence-electron chi connectivity index (χ3n) is 9.93. The fourth-order valence-corrected chi connectivity index (χ4v) is 7.14. The van der Waals surface area contributed by atoms with Crippen molar-refractivity contribution in [1.29, 1.82) is 0 Å². The van der Waals surface area contributed by atoms with Crippen molar-refractivity contribution in [3.63, 3.8) is 0 Å². The molecule has 0 saturated heterocycles. The predicted molar refractivity (Wildman–Crippen MR) is 178 cm³/mol. The van der Waals surface area contributed by atoms with Crippen LogP contribution in [0.4, 0.5) is 18.9 Å². The first-order valence-corrected chi connectivity index (χ1v) is 15.9. The zero-order valence-electron chi connectivity index (χ0n) is 26.8. The van der Waals surface area contributed by atoms with Gasteiger partial charge < -0.3 is 4.74 Å². The van der Waals surface area contributed by atoms with Crippen LogP contribution in [-0.2, 0) is 18.3 Å². The van der Waals surface area contributed by atoms with Gasteiger partial charge in [0.1, 0.15) is 16.9 Å². The number of hydrogen-bond donors (Lipinski definition) is 0. The number of ether oxygens (including phenoxy) is 1. The van der Waals surface area contributed by atoms with Crippen LogP contribution in [0.1, 0.15) is 74.8 Å². The molecule has 1 atom stereocenters. The molecule has 5 aromatic rings. The number of alkyl halides is 3. The summed E-state index contributed by atoms with van der Waals surface area (Å²) >= 11 is 0. The van der Waals surface area contributed by atoms with Crippen LogP contribution < -0.4 is 9.64 Å². The average Bonchev–Trinajstić information content (AvgIpc) is 3.45. The monoisotopic (exact) mass is 672 g/mol. The maximum atomic E-state index is 15.6. The number of nitrogens with zero attached hydrogens (tertiary/aromatic N) is 2. The Kier molecular flexibility index (Phi) is 6.87. The van der Waals surface area contributed by atoms with Gasteiger partial charge in [-0.05, 0) is 96.1 Å². The normalized spacial score (nSPS) is 16.2. The second kappa shape index (κ2) is 11.0. The number of hydrogen-bond acceptors (Lipinski definition) is 5. The summed E-state index contributed by atoms with van der Waals surface area (Å²) < 4.78 is 52.8. The molecule has 0 fully saturated rings. The molecule has 8 rings (SSSR count). The minimum atomic E-state index is -4.74. The molecule has 0 saturated carbocycles. The highest BCUT2D eigenvalue weighted by Crippen LogP contribution is 2.52. The number of aryl methyl sites for hydroxylation is 3. The second-order valence-corrected chi connectivity index (χ2v) is 12.8. The molecule has 248 valence electrons. The molecule has 0 bridgehead atoms. The zero-order valence-corrected chi connectivity index (χ0v) is 26.8. The highest BCUT2D eigenvalue weighted by atomic mass is 19.4. The average molecular weight is 673 g/mol. The first-order valence-electron chi connectivity index (χ1n) is 15.9. The molecule has 1 aliphatic carbocycles. The van der Waals surface area contributed by atoms with Gasteiger partial charge in [-0.25, -0.2) is 4.90 Å². The lowest BCUT2D eigenvalue weighted by Gasteiger charge is -2.39. The molecule has 0 spiro atoms. The molecule has 3 aliphatic rings. The van der Waals surface area contributed by atoms with Crippen molar-refractivity contribution >= 4 is 29.3 Å². The molecule has 1 unspecified atom stereocenters. The fourth-order valence-electron chi connectivity index (χ4n) is 7.14.